The molecule has 0 unspecified atom stereocenters. The third kappa shape index (κ3) is 4.13. The number of nitrogens with one attached hydrogen (secondary N) is 1. The lowest BCUT2D eigenvalue weighted by atomic mass is 10.2. The Morgan fingerprint density at radius 3 is 2.48 bits per heavy atom. The smallest absolute Gasteiger partial charge is 0.236 e. The summed E-state index contributed by atoms with van der Waals surface area (Å²) >= 11 is 0. The molecule has 1 aromatic carbocycles. The number of anilines is 1. The number of piperazine rings is 1. The zero-order valence-electron chi connectivity index (χ0n) is 13.5. The van der Waals surface area contributed by atoms with Crippen LogP contribution in [-0.2, 0) is 11.3 Å². The number of nitrogens with zero attached hydrogens (tertiary/aromatic N) is 2. The number of hydrogen-bond acceptors (Lipinski definition) is 4. The van der Waals surface area contributed by atoms with Crippen LogP contribution in [0.25, 0.3) is 0 Å². The first kappa shape index (κ1) is 15.6. The average molecular weight is 313 g/mol. The number of hydrogen-bond donors (Lipinski definition) is 1. The predicted octanol–water partition coefficient (Wildman–Crippen LogP) is 2.03. The summed E-state index contributed by atoms with van der Waals surface area (Å²) in [5.74, 6) is 1.91. The minimum atomic E-state index is 0.154. The maximum atomic E-state index is 12.3. The Balaban J connectivity index is 1.41. The van der Waals surface area contributed by atoms with E-state index < -0.39 is 0 Å². The molecule has 0 aliphatic carbocycles. The standard InChI is InChI=1S/C18H23N3O2/c1-15-7-8-17(23-15)13-19-14-18(22)21-11-9-20(10-12-21)16-5-3-2-4-6-16/h2-8,19H,9-14H2,1H3. The predicted molar refractivity (Wildman–Crippen MR) is 90.4 cm³/mol. The zero-order valence-corrected chi connectivity index (χ0v) is 13.5. The van der Waals surface area contributed by atoms with Crippen molar-refractivity contribution >= 4 is 11.6 Å². The molecule has 1 N–H and O–H groups in total. The minimum Gasteiger partial charge on any atom is -0.465 e. The molecular formula is C18H23N3O2. The number of carbonyl (C=O) groups excluding carboxylic acids is 1. The fraction of sp³-hybridized carbons (Fsp3) is 0.389. The molecule has 0 atom stereocenters. The minimum absolute atomic E-state index is 0.154. The quantitative estimate of drug-likeness (QED) is 0.917. The number of rotatable bonds is 5. The second-order valence-electron chi connectivity index (χ2n) is 5.82. The van der Waals surface area contributed by atoms with Crippen molar-refractivity contribution in [2.45, 2.75) is 13.5 Å². The SMILES string of the molecule is Cc1ccc(CNCC(=O)N2CCN(c3ccccc3)CC2)o1. The molecule has 5 heteroatoms. The van der Waals surface area contributed by atoms with E-state index in [-0.39, 0.29) is 5.91 Å². The van der Waals surface area contributed by atoms with E-state index in [1.54, 1.807) is 0 Å². The summed E-state index contributed by atoms with van der Waals surface area (Å²) in [6.07, 6.45) is 0. The molecule has 1 saturated heterocycles. The Kier molecular flexibility index (Phi) is 4.98. The van der Waals surface area contributed by atoms with Gasteiger partial charge < -0.3 is 19.5 Å². The average Bonchev–Trinajstić information content (AvgIpc) is 3.01. The first-order chi connectivity index (χ1) is 11.2. The van der Waals surface area contributed by atoms with E-state index in [0.29, 0.717) is 13.1 Å². The van der Waals surface area contributed by atoms with Crippen LogP contribution in [0.1, 0.15) is 11.5 Å². The monoisotopic (exact) mass is 313 g/mol. The number of carbonyl (C=O) groups is 1. The highest BCUT2D eigenvalue weighted by Crippen LogP contribution is 2.15. The van der Waals surface area contributed by atoms with Gasteiger partial charge in [-0.25, -0.2) is 0 Å². The summed E-state index contributed by atoms with van der Waals surface area (Å²) < 4.78 is 5.48. The van der Waals surface area contributed by atoms with Gasteiger partial charge in [-0.15, -0.1) is 0 Å². The molecule has 1 aliphatic heterocycles. The van der Waals surface area contributed by atoms with E-state index >= 15 is 0 Å². The Morgan fingerprint density at radius 2 is 1.83 bits per heavy atom. The van der Waals surface area contributed by atoms with Crippen molar-refractivity contribution in [1.29, 1.82) is 0 Å². The van der Waals surface area contributed by atoms with Gasteiger partial charge >= 0.3 is 0 Å². The number of furan rings is 1. The Bertz CT molecular complexity index is 631. The van der Waals surface area contributed by atoms with Crippen molar-refractivity contribution in [2.75, 3.05) is 37.6 Å². The molecule has 0 saturated carbocycles. The summed E-state index contributed by atoms with van der Waals surface area (Å²) in [7, 11) is 0. The van der Waals surface area contributed by atoms with Crippen molar-refractivity contribution in [3.63, 3.8) is 0 Å². The van der Waals surface area contributed by atoms with Crippen LogP contribution >= 0.6 is 0 Å². The van der Waals surface area contributed by atoms with Crippen molar-refractivity contribution in [3.8, 4) is 0 Å². The van der Waals surface area contributed by atoms with Gasteiger partial charge in [0.1, 0.15) is 11.5 Å². The van der Waals surface area contributed by atoms with Gasteiger partial charge in [0, 0.05) is 31.9 Å². The number of aryl methyl sites for hydroxylation is 1. The second kappa shape index (κ2) is 7.33. The molecule has 1 amide bonds. The third-order valence-electron chi connectivity index (χ3n) is 4.13. The van der Waals surface area contributed by atoms with Crippen LogP contribution in [0.3, 0.4) is 0 Å². The fourth-order valence-electron chi connectivity index (χ4n) is 2.84. The van der Waals surface area contributed by atoms with Crippen molar-refractivity contribution in [2.24, 2.45) is 0 Å². The highest BCUT2D eigenvalue weighted by molar-refractivity contribution is 5.78. The summed E-state index contributed by atoms with van der Waals surface area (Å²) in [6.45, 7) is 6.17. The first-order valence-electron chi connectivity index (χ1n) is 8.06. The zero-order chi connectivity index (χ0) is 16.1. The van der Waals surface area contributed by atoms with Gasteiger partial charge in [-0.2, -0.15) is 0 Å². The molecule has 1 aliphatic rings. The number of para-hydroxylation sites is 1. The molecule has 0 bridgehead atoms. The molecule has 2 heterocycles. The molecule has 2 aromatic rings. The maximum absolute atomic E-state index is 12.3. The van der Waals surface area contributed by atoms with Gasteiger partial charge in [-0.05, 0) is 31.2 Å². The van der Waals surface area contributed by atoms with E-state index in [1.807, 2.05) is 42.2 Å². The van der Waals surface area contributed by atoms with Crippen molar-refractivity contribution in [1.82, 2.24) is 10.2 Å². The topological polar surface area (TPSA) is 48.7 Å². The van der Waals surface area contributed by atoms with Crippen LogP contribution < -0.4 is 10.2 Å². The molecule has 23 heavy (non-hydrogen) atoms. The lowest BCUT2D eigenvalue weighted by Crippen LogP contribution is -2.50. The van der Waals surface area contributed by atoms with E-state index in [0.717, 1.165) is 37.7 Å². The fourth-order valence-corrected chi connectivity index (χ4v) is 2.84. The summed E-state index contributed by atoms with van der Waals surface area (Å²) in [6, 6.07) is 14.2. The second-order valence-corrected chi connectivity index (χ2v) is 5.82. The van der Waals surface area contributed by atoms with E-state index in [1.165, 1.54) is 5.69 Å². The van der Waals surface area contributed by atoms with Crippen LogP contribution in [0, 0.1) is 6.92 Å². The van der Waals surface area contributed by atoms with Crippen LogP contribution in [0.5, 0.6) is 0 Å². The van der Waals surface area contributed by atoms with Crippen molar-refractivity contribution in [3.05, 3.63) is 54.0 Å². The third-order valence-corrected chi connectivity index (χ3v) is 4.13. The van der Waals surface area contributed by atoms with E-state index in [4.69, 9.17) is 4.42 Å². The van der Waals surface area contributed by atoms with Gasteiger partial charge in [0.25, 0.3) is 0 Å². The Labute approximate surface area is 136 Å². The lowest BCUT2D eigenvalue weighted by molar-refractivity contribution is -0.130. The molecule has 0 spiro atoms. The van der Waals surface area contributed by atoms with E-state index in [2.05, 4.69) is 22.3 Å². The van der Waals surface area contributed by atoms with Gasteiger partial charge in [0.05, 0.1) is 13.1 Å². The Hall–Kier alpha value is -2.27. The van der Waals surface area contributed by atoms with Gasteiger partial charge in [-0.1, -0.05) is 18.2 Å². The van der Waals surface area contributed by atoms with Crippen molar-refractivity contribution < 1.29 is 9.21 Å². The molecule has 1 fully saturated rings. The van der Waals surface area contributed by atoms with Crippen LogP contribution in [-0.4, -0.2) is 43.5 Å². The molecular weight excluding hydrogens is 290 g/mol. The molecule has 3 rings (SSSR count). The lowest BCUT2D eigenvalue weighted by Gasteiger charge is -2.36. The van der Waals surface area contributed by atoms with Gasteiger partial charge in [0.15, 0.2) is 0 Å². The highest BCUT2D eigenvalue weighted by atomic mass is 16.3. The largest absolute Gasteiger partial charge is 0.465 e. The molecule has 0 radical (unpaired) electrons. The number of benzene rings is 1. The van der Waals surface area contributed by atoms with Crippen LogP contribution in [0.4, 0.5) is 5.69 Å². The van der Waals surface area contributed by atoms with Crippen LogP contribution in [0.2, 0.25) is 0 Å². The Morgan fingerprint density at radius 1 is 1.09 bits per heavy atom. The van der Waals surface area contributed by atoms with Gasteiger partial charge in [-0.3, -0.25) is 4.79 Å². The molecule has 1 aromatic heterocycles. The summed E-state index contributed by atoms with van der Waals surface area (Å²) in [5.41, 5.74) is 1.23. The highest BCUT2D eigenvalue weighted by Gasteiger charge is 2.20. The number of amides is 1. The molecule has 122 valence electrons. The molecule has 5 nitrogen and oxygen atoms in total. The van der Waals surface area contributed by atoms with E-state index in [9.17, 15) is 4.79 Å². The van der Waals surface area contributed by atoms with Crippen LogP contribution in [0.15, 0.2) is 46.9 Å². The summed E-state index contributed by atoms with van der Waals surface area (Å²) in [4.78, 5) is 16.5. The summed E-state index contributed by atoms with van der Waals surface area (Å²) in [5, 5.41) is 3.16. The maximum Gasteiger partial charge on any atom is 0.236 e. The van der Waals surface area contributed by atoms with Gasteiger partial charge in [0.2, 0.25) is 5.91 Å². The normalized spacial score (nSPS) is 15.0. The first-order valence-corrected chi connectivity index (χ1v) is 8.06.